The smallest absolute Gasteiger partial charge is 0.140 e. The van der Waals surface area contributed by atoms with Gasteiger partial charge in [0.2, 0.25) is 0 Å². The van der Waals surface area contributed by atoms with E-state index in [2.05, 4.69) is 35.7 Å². The van der Waals surface area contributed by atoms with Crippen molar-refractivity contribution in [1.29, 1.82) is 0 Å². The minimum absolute atomic E-state index is 0.172. The Kier molecular flexibility index (Phi) is 4.56. The van der Waals surface area contributed by atoms with Crippen molar-refractivity contribution in [2.45, 2.75) is 45.4 Å². The molecule has 2 unspecified atom stereocenters. The Labute approximate surface area is 114 Å². The first-order chi connectivity index (χ1) is 9.15. The number of rotatable bonds is 6. The molecule has 2 aromatic heterocycles. The van der Waals surface area contributed by atoms with Crippen molar-refractivity contribution in [3.05, 3.63) is 30.1 Å². The Morgan fingerprint density at radius 2 is 2.26 bits per heavy atom. The summed E-state index contributed by atoms with van der Waals surface area (Å²) in [5, 5.41) is 1.20. The maximum atomic E-state index is 6.08. The van der Waals surface area contributed by atoms with Crippen LogP contribution in [0.1, 0.15) is 25.8 Å². The summed E-state index contributed by atoms with van der Waals surface area (Å²) in [7, 11) is 1.73. The molecule has 4 nitrogen and oxygen atoms in total. The summed E-state index contributed by atoms with van der Waals surface area (Å²) in [5.41, 5.74) is 8.38. The molecule has 0 saturated carbocycles. The van der Waals surface area contributed by atoms with Crippen molar-refractivity contribution in [2.75, 3.05) is 7.11 Å². The molecule has 2 N–H and O–H groups in total. The van der Waals surface area contributed by atoms with E-state index in [0.29, 0.717) is 0 Å². The third-order valence-electron chi connectivity index (χ3n) is 3.58. The zero-order chi connectivity index (χ0) is 13.8. The molecule has 2 rings (SSSR count). The molecule has 4 heteroatoms. The second kappa shape index (κ2) is 6.17. The molecule has 0 aliphatic carbocycles. The molecule has 0 fully saturated rings. The third-order valence-corrected chi connectivity index (χ3v) is 3.58. The highest BCUT2D eigenvalue weighted by Crippen LogP contribution is 2.21. The lowest BCUT2D eigenvalue weighted by Gasteiger charge is -2.10. The predicted octanol–water partition coefficient (Wildman–Crippen LogP) is 2.35. The molecule has 104 valence electrons. The van der Waals surface area contributed by atoms with Gasteiger partial charge in [0.05, 0.1) is 6.10 Å². The summed E-state index contributed by atoms with van der Waals surface area (Å²) in [5.74, 6) is 0. The van der Waals surface area contributed by atoms with Crippen LogP contribution in [0.4, 0.5) is 0 Å². The number of hydrogen-bond acceptors (Lipinski definition) is 3. The van der Waals surface area contributed by atoms with Crippen molar-refractivity contribution >= 4 is 11.0 Å². The number of pyridine rings is 1. The van der Waals surface area contributed by atoms with Crippen LogP contribution in [0.25, 0.3) is 11.0 Å². The highest BCUT2D eigenvalue weighted by molar-refractivity contribution is 5.80. The van der Waals surface area contributed by atoms with E-state index in [1.54, 1.807) is 7.11 Å². The summed E-state index contributed by atoms with van der Waals surface area (Å²) < 4.78 is 7.51. The van der Waals surface area contributed by atoms with Gasteiger partial charge in [0.15, 0.2) is 0 Å². The van der Waals surface area contributed by atoms with E-state index in [1.165, 1.54) is 10.9 Å². The zero-order valence-corrected chi connectivity index (χ0v) is 12.0. The van der Waals surface area contributed by atoms with Crippen LogP contribution in [0.3, 0.4) is 0 Å². The van der Waals surface area contributed by atoms with Gasteiger partial charge in [-0.3, -0.25) is 0 Å². The van der Waals surface area contributed by atoms with Gasteiger partial charge in [-0.25, -0.2) is 4.98 Å². The highest BCUT2D eigenvalue weighted by Gasteiger charge is 2.13. The molecular weight excluding hydrogens is 238 g/mol. The van der Waals surface area contributed by atoms with Crippen LogP contribution in [-0.2, 0) is 17.7 Å². The van der Waals surface area contributed by atoms with Gasteiger partial charge in [0.1, 0.15) is 5.65 Å². The first-order valence-electron chi connectivity index (χ1n) is 6.86. The molecule has 19 heavy (non-hydrogen) atoms. The van der Waals surface area contributed by atoms with Gasteiger partial charge in [-0.15, -0.1) is 0 Å². The Morgan fingerprint density at radius 3 is 2.95 bits per heavy atom. The Hall–Kier alpha value is -1.39. The molecule has 0 aromatic carbocycles. The molecule has 0 spiro atoms. The largest absolute Gasteiger partial charge is 0.380 e. The topological polar surface area (TPSA) is 53.1 Å². The van der Waals surface area contributed by atoms with Crippen molar-refractivity contribution in [1.82, 2.24) is 9.55 Å². The molecule has 2 heterocycles. The molecule has 0 bridgehead atoms. The lowest BCUT2D eigenvalue weighted by molar-refractivity contribution is 0.104. The predicted molar refractivity (Wildman–Crippen MR) is 78.2 cm³/mol. The van der Waals surface area contributed by atoms with Crippen molar-refractivity contribution in [2.24, 2.45) is 5.73 Å². The van der Waals surface area contributed by atoms with Crippen LogP contribution >= 0.6 is 0 Å². The molecule has 2 aromatic rings. The van der Waals surface area contributed by atoms with Gasteiger partial charge < -0.3 is 15.0 Å². The van der Waals surface area contributed by atoms with Gasteiger partial charge in [-0.05, 0) is 37.5 Å². The fourth-order valence-electron chi connectivity index (χ4n) is 2.28. The standard InChI is InChI=1S/C15H23N3O/c1-4-13(16)8-12-10-18(9-11(2)19-3)15-14(12)6-5-7-17-15/h5-7,10-11,13H,4,8-9,16H2,1-3H3. The summed E-state index contributed by atoms with van der Waals surface area (Å²) in [6.07, 6.45) is 6.06. The fraction of sp³-hybridized carbons (Fsp3) is 0.533. The normalized spacial score (nSPS) is 14.7. The number of hydrogen-bond donors (Lipinski definition) is 1. The molecule has 0 amide bonds. The van der Waals surface area contributed by atoms with E-state index < -0.39 is 0 Å². The maximum Gasteiger partial charge on any atom is 0.140 e. The molecular formula is C15H23N3O. The van der Waals surface area contributed by atoms with Gasteiger partial charge in [-0.2, -0.15) is 0 Å². The lowest BCUT2D eigenvalue weighted by Crippen LogP contribution is -2.21. The molecule has 2 atom stereocenters. The van der Waals surface area contributed by atoms with Gasteiger partial charge in [0.25, 0.3) is 0 Å². The zero-order valence-electron chi connectivity index (χ0n) is 12.0. The van der Waals surface area contributed by atoms with Gasteiger partial charge in [0, 0.05) is 37.5 Å². The third kappa shape index (κ3) is 3.14. The SMILES string of the molecule is CCC(N)Cc1cn(CC(C)OC)c2ncccc12. The summed E-state index contributed by atoms with van der Waals surface area (Å²) in [4.78, 5) is 4.49. The molecule has 0 saturated heterocycles. The summed E-state index contributed by atoms with van der Waals surface area (Å²) in [6, 6.07) is 4.31. The van der Waals surface area contributed by atoms with E-state index in [4.69, 9.17) is 10.5 Å². The quantitative estimate of drug-likeness (QED) is 0.868. The van der Waals surface area contributed by atoms with Crippen LogP contribution in [0.5, 0.6) is 0 Å². The summed E-state index contributed by atoms with van der Waals surface area (Å²) >= 11 is 0. The van der Waals surface area contributed by atoms with Crippen molar-refractivity contribution in [3.63, 3.8) is 0 Å². The Balaban J connectivity index is 2.36. The average molecular weight is 261 g/mol. The number of aromatic nitrogens is 2. The van der Waals surface area contributed by atoms with Crippen LogP contribution in [0.15, 0.2) is 24.5 Å². The van der Waals surface area contributed by atoms with Gasteiger partial charge >= 0.3 is 0 Å². The van der Waals surface area contributed by atoms with Crippen molar-refractivity contribution in [3.8, 4) is 0 Å². The first-order valence-corrected chi connectivity index (χ1v) is 6.86. The number of nitrogens with zero attached hydrogens (tertiary/aromatic N) is 2. The Morgan fingerprint density at radius 1 is 1.47 bits per heavy atom. The first kappa shape index (κ1) is 14.0. The van der Waals surface area contributed by atoms with Crippen molar-refractivity contribution < 1.29 is 4.74 Å². The number of methoxy groups -OCH3 is 1. The number of fused-ring (bicyclic) bond motifs is 1. The Bertz CT molecular complexity index is 489. The van der Waals surface area contributed by atoms with Gasteiger partial charge in [-0.1, -0.05) is 6.92 Å². The molecule has 0 aliphatic heterocycles. The average Bonchev–Trinajstić information content (AvgIpc) is 2.77. The minimum Gasteiger partial charge on any atom is -0.380 e. The van der Waals surface area contributed by atoms with Crippen LogP contribution in [0.2, 0.25) is 0 Å². The maximum absolute atomic E-state index is 6.08. The van der Waals surface area contributed by atoms with Crippen LogP contribution < -0.4 is 5.73 Å². The minimum atomic E-state index is 0.172. The second-order valence-corrected chi connectivity index (χ2v) is 5.10. The monoisotopic (exact) mass is 261 g/mol. The summed E-state index contributed by atoms with van der Waals surface area (Å²) in [6.45, 7) is 4.99. The van der Waals surface area contributed by atoms with Crippen LogP contribution in [0, 0.1) is 0 Å². The van der Waals surface area contributed by atoms with E-state index in [-0.39, 0.29) is 12.1 Å². The lowest BCUT2D eigenvalue weighted by atomic mass is 10.1. The molecule has 0 radical (unpaired) electrons. The number of nitrogens with two attached hydrogens (primary N) is 1. The van der Waals surface area contributed by atoms with E-state index in [0.717, 1.165) is 25.0 Å². The van der Waals surface area contributed by atoms with E-state index in [1.807, 2.05) is 12.3 Å². The van der Waals surface area contributed by atoms with E-state index in [9.17, 15) is 0 Å². The fourth-order valence-corrected chi connectivity index (χ4v) is 2.28. The van der Waals surface area contributed by atoms with E-state index >= 15 is 0 Å². The number of ether oxygens (including phenoxy) is 1. The molecule has 0 aliphatic rings. The highest BCUT2D eigenvalue weighted by atomic mass is 16.5. The van der Waals surface area contributed by atoms with Crippen LogP contribution in [-0.4, -0.2) is 28.8 Å². The second-order valence-electron chi connectivity index (χ2n) is 5.10.